The Hall–Kier alpha value is -0.0800. The molecule has 0 aliphatic rings. The highest BCUT2D eigenvalue weighted by Crippen LogP contribution is 2.08. The summed E-state index contributed by atoms with van der Waals surface area (Å²) in [6, 6.07) is 0.228. The molecule has 0 amide bonds. The van der Waals surface area contributed by atoms with Gasteiger partial charge in [-0.05, 0) is 18.8 Å². The first kappa shape index (κ1) is 11.9. The summed E-state index contributed by atoms with van der Waals surface area (Å²) in [4.78, 5) is 0. The maximum absolute atomic E-state index is 5.87. The molecule has 0 bridgehead atoms. The average Bonchev–Trinajstić information content (AvgIpc) is 2.05. The van der Waals surface area contributed by atoms with Gasteiger partial charge in [-0.15, -0.1) is 0 Å². The van der Waals surface area contributed by atoms with Crippen molar-refractivity contribution >= 4 is 0 Å². The summed E-state index contributed by atoms with van der Waals surface area (Å²) >= 11 is 0. The molecule has 0 rings (SSSR count). The van der Waals surface area contributed by atoms with Crippen molar-refractivity contribution in [2.24, 2.45) is 11.7 Å². The molecule has 0 aromatic heterocycles. The molecule has 2 atom stereocenters. The zero-order chi connectivity index (χ0) is 9.40. The first-order valence-electron chi connectivity index (χ1n) is 5.04. The first-order valence-corrected chi connectivity index (χ1v) is 5.04. The quantitative estimate of drug-likeness (QED) is 0.599. The van der Waals surface area contributed by atoms with Crippen LogP contribution in [-0.4, -0.2) is 19.3 Å². The number of hydrogen-bond donors (Lipinski definition) is 1. The summed E-state index contributed by atoms with van der Waals surface area (Å²) in [7, 11) is 0. The van der Waals surface area contributed by atoms with Gasteiger partial charge in [-0.1, -0.05) is 27.2 Å². The molecule has 0 radical (unpaired) electrons. The fourth-order valence-corrected chi connectivity index (χ4v) is 1.13. The lowest BCUT2D eigenvalue weighted by Gasteiger charge is -2.15. The summed E-state index contributed by atoms with van der Waals surface area (Å²) < 4.78 is 5.36. The van der Waals surface area contributed by atoms with Gasteiger partial charge in [0.1, 0.15) is 0 Å². The van der Waals surface area contributed by atoms with E-state index in [-0.39, 0.29) is 6.04 Å². The molecule has 0 spiro atoms. The minimum atomic E-state index is 0.228. The van der Waals surface area contributed by atoms with Crippen molar-refractivity contribution in [3.63, 3.8) is 0 Å². The van der Waals surface area contributed by atoms with Gasteiger partial charge >= 0.3 is 0 Å². The summed E-state index contributed by atoms with van der Waals surface area (Å²) in [5.41, 5.74) is 5.87. The van der Waals surface area contributed by atoms with Crippen molar-refractivity contribution < 1.29 is 4.74 Å². The zero-order valence-electron chi connectivity index (χ0n) is 8.68. The van der Waals surface area contributed by atoms with Gasteiger partial charge in [0.2, 0.25) is 0 Å². The van der Waals surface area contributed by atoms with E-state index in [0.29, 0.717) is 0 Å². The van der Waals surface area contributed by atoms with Crippen LogP contribution in [0, 0.1) is 5.92 Å². The van der Waals surface area contributed by atoms with Crippen LogP contribution in [0.1, 0.15) is 40.0 Å². The second-order valence-corrected chi connectivity index (χ2v) is 3.58. The molecular weight excluding hydrogens is 150 g/mol. The SMILES string of the molecule is CCCOCC(N)CC(C)CC. The van der Waals surface area contributed by atoms with Gasteiger partial charge in [-0.2, -0.15) is 0 Å². The van der Waals surface area contributed by atoms with Crippen molar-refractivity contribution in [2.75, 3.05) is 13.2 Å². The second-order valence-electron chi connectivity index (χ2n) is 3.58. The van der Waals surface area contributed by atoms with Crippen molar-refractivity contribution in [1.82, 2.24) is 0 Å². The Morgan fingerprint density at radius 1 is 1.33 bits per heavy atom. The molecular formula is C10H23NO. The van der Waals surface area contributed by atoms with Crippen molar-refractivity contribution in [3.8, 4) is 0 Å². The van der Waals surface area contributed by atoms with E-state index in [1.165, 1.54) is 6.42 Å². The fourth-order valence-electron chi connectivity index (χ4n) is 1.13. The van der Waals surface area contributed by atoms with Crippen LogP contribution in [0.4, 0.5) is 0 Å². The lowest BCUT2D eigenvalue weighted by atomic mass is 10.0. The Bertz CT molecular complexity index is 95.8. The van der Waals surface area contributed by atoms with Gasteiger partial charge in [-0.3, -0.25) is 0 Å². The summed E-state index contributed by atoms with van der Waals surface area (Å²) in [5.74, 6) is 0.727. The van der Waals surface area contributed by atoms with Crippen LogP contribution in [0.25, 0.3) is 0 Å². The third-order valence-electron chi connectivity index (χ3n) is 2.08. The molecule has 2 heteroatoms. The fraction of sp³-hybridized carbons (Fsp3) is 1.00. The molecule has 0 saturated carbocycles. The third kappa shape index (κ3) is 6.62. The average molecular weight is 173 g/mol. The van der Waals surface area contributed by atoms with Crippen LogP contribution in [0.3, 0.4) is 0 Å². The van der Waals surface area contributed by atoms with Gasteiger partial charge in [0, 0.05) is 12.6 Å². The minimum Gasteiger partial charge on any atom is -0.380 e. The smallest absolute Gasteiger partial charge is 0.0617 e. The molecule has 0 aromatic carbocycles. The molecule has 0 saturated heterocycles. The van der Waals surface area contributed by atoms with Crippen LogP contribution in [-0.2, 0) is 4.74 Å². The van der Waals surface area contributed by atoms with E-state index in [9.17, 15) is 0 Å². The molecule has 2 nitrogen and oxygen atoms in total. The van der Waals surface area contributed by atoms with E-state index in [4.69, 9.17) is 10.5 Å². The number of nitrogens with two attached hydrogens (primary N) is 1. The van der Waals surface area contributed by atoms with Crippen LogP contribution < -0.4 is 5.73 Å². The molecule has 0 heterocycles. The Morgan fingerprint density at radius 2 is 2.00 bits per heavy atom. The molecule has 2 N–H and O–H groups in total. The molecule has 0 aromatic rings. The van der Waals surface area contributed by atoms with Crippen LogP contribution in [0.15, 0.2) is 0 Å². The second kappa shape index (κ2) is 7.56. The molecule has 0 aliphatic heterocycles. The lowest BCUT2D eigenvalue weighted by Crippen LogP contribution is -2.28. The minimum absolute atomic E-state index is 0.228. The maximum Gasteiger partial charge on any atom is 0.0617 e. The number of rotatable bonds is 7. The normalized spacial score (nSPS) is 16.0. The van der Waals surface area contributed by atoms with E-state index in [1.54, 1.807) is 0 Å². The number of hydrogen-bond acceptors (Lipinski definition) is 2. The predicted molar refractivity (Wildman–Crippen MR) is 53.2 cm³/mol. The maximum atomic E-state index is 5.87. The van der Waals surface area contributed by atoms with Gasteiger partial charge in [0.25, 0.3) is 0 Å². The Kier molecular flexibility index (Phi) is 7.51. The Labute approximate surface area is 76.5 Å². The molecule has 12 heavy (non-hydrogen) atoms. The highest BCUT2D eigenvalue weighted by atomic mass is 16.5. The van der Waals surface area contributed by atoms with Gasteiger partial charge < -0.3 is 10.5 Å². The standard InChI is InChI=1S/C10H23NO/c1-4-6-12-8-10(11)7-9(3)5-2/h9-10H,4-8,11H2,1-3H3. The van der Waals surface area contributed by atoms with Gasteiger partial charge in [0.05, 0.1) is 6.61 Å². The monoisotopic (exact) mass is 173 g/mol. The van der Waals surface area contributed by atoms with Gasteiger partial charge in [0.15, 0.2) is 0 Å². The topological polar surface area (TPSA) is 35.2 Å². The Balaban J connectivity index is 3.26. The lowest BCUT2D eigenvalue weighted by molar-refractivity contribution is 0.115. The highest BCUT2D eigenvalue weighted by Gasteiger charge is 2.06. The highest BCUT2D eigenvalue weighted by molar-refractivity contribution is 4.63. The van der Waals surface area contributed by atoms with Crippen LogP contribution >= 0.6 is 0 Å². The predicted octanol–water partition coefficient (Wildman–Crippen LogP) is 2.18. The van der Waals surface area contributed by atoms with E-state index in [1.807, 2.05) is 0 Å². The largest absolute Gasteiger partial charge is 0.380 e. The van der Waals surface area contributed by atoms with Crippen LogP contribution in [0.2, 0.25) is 0 Å². The number of ether oxygens (including phenoxy) is 1. The first-order chi connectivity index (χ1) is 5.70. The Morgan fingerprint density at radius 3 is 2.50 bits per heavy atom. The summed E-state index contributed by atoms with van der Waals surface area (Å²) in [5, 5.41) is 0. The van der Waals surface area contributed by atoms with E-state index in [2.05, 4.69) is 20.8 Å². The van der Waals surface area contributed by atoms with E-state index in [0.717, 1.165) is 32.0 Å². The summed E-state index contributed by atoms with van der Waals surface area (Å²) in [6.45, 7) is 8.11. The van der Waals surface area contributed by atoms with Crippen molar-refractivity contribution in [3.05, 3.63) is 0 Å². The molecule has 74 valence electrons. The van der Waals surface area contributed by atoms with Crippen LogP contribution in [0.5, 0.6) is 0 Å². The molecule has 0 fully saturated rings. The van der Waals surface area contributed by atoms with Crippen molar-refractivity contribution in [1.29, 1.82) is 0 Å². The van der Waals surface area contributed by atoms with Gasteiger partial charge in [-0.25, -0.2) is 0 Å². The molecule has 0 aliphatic carbocycles. The van der Waals surface area contributed by atoms with E-state index >= 15 is 0 Å². The van der Waals surface area contributed by atoms with E-state index < -0.39 is 0 Å². The zero-order valence-corrected chi connectivity index (χ0v) is 8.68. The van der Waals surface area contributed by atoms with Crippen molar-refractivity contribution in [2.45, 2.75) is 46.1 Å². The third-order valence-corrected chi connectivity index (χ3v) is 2.08. The molecule has 2 unspecified atom stereocenters. The summed E-state index contributed by atoms with van der Waals surface area (Å²) in [6.07, 6.45) is 3.37.